The Labute approximate surface area is 86.8 Å². The van der Waals surface area contributed by atoms with Crippen LogP contribution in [0.1, 0.15) is 32.8 Å². The molecule has 0 aliphatic rings. The molecule has 2 nitrogen and oxygen atoms in total. The molecule has 0 aliphatic heterocycles. The lowest BCUT2D eigenvalue weighted by molar-refractivity contribution is 0.539. The number of anilines is 1. The van der Waals surface area contributed by atoms with Crippen LogP contribution in [0.5, 0.6) is 0 Å². The standard InChI is InChI=1S/C12H20N2/c1-9(2)7-11(4)14-12-6-5-10(3)8-13-12/h5-6,8-9,11H,7H2,1-4H3,(H,13,14). The number of rotatable bonds is 4. The lowest BCUT2D eigenvalue weighted by Crippen LogP contribution is -2.18. The summed E-state index contributed by atoms with van der Waals surface area (Å²) in [6.07, 6.45) is 3.07. The van der Waals surface area contributed by atoms with Gasteiger partial charge in [0.05, 0.1) is 0 Å². The van der Waals surface area contributed by atoms with Crippen molar-refractivity contribution in [3.8, 4) is 0 Å². The topological polar surface area (TPSA) is 24.9 Å². The molecule has 0 aromatic carbocycles. The highest BCUT2D eigenvalue weighted by molar-refractivity contribution is 5.36. The van der Waals surface area contributed by atoms with Crippen LogP contribution in [0.15, 0.2) is 18.3 Å². The molecule has 1 rings (SSSR count). The minimum Gasteiger partial charge on any atom is -0.368 e. The molecule has 1 heterocycles. The van der Waals surface area contributed by atoms with Crippen LogP contribution in [-0.2, 0) is 0 Å². The first kappa shape index (κ1) is 11.0. The van der Waals surface area contributed by atoms with Gasteiger partial charge in [0.2, 0.25) is 0 Å². The highest BCUT2D eigenvalue weighted by atomic mass is 15.0. The lowest BCUT2D eigenvalue weighted by atomic mass is 10.1. The molecular formula is C12H20N2. The molecule has 1 aromatic rings. The smallest absolute Gasteiger partial charge is 0.126 e. The molecular weight excluding hydrogens is 172 g/mol. The van der Waals surface area contributed by atoms with Crippen LogP contribution in [0, 0.1) is 12.8 Å². The summed E-state index contributed by atoms with van der Waals surface area (Å²) in [6, 6.07) is 4.61. The van der Waals surface area contributed by atoms with E-state index in [4.69, 9.17) is 0 Å². The summed E-state index contributed by atoms with van der Waals surface area (Å²) >= 11 is 0. The maximum Gasteiger partial charge on any atom is 0.126 e. The van der Waals surface area contributed by atoms with Gasteiger partial charge in [-0.3, -0.25) is 0 Å². The lowest BCUT2D eigenvalue weighted by Gasteiger charge is -2.16. The van der Waals surface area contributed by atoms with Gasteiger partial charge in [-0.2, -0.15) is 0 Å². The van der Waals surface area contributed by atoms with E-state index in [0.29, 0.717) is 6.04 Å². The van der Waals surface area contributed by atoms with Crippen molar-refractivity contribution in [1.82, 2.24) is 4.98 Å². The summed E-state index contributed by atoms with van der Waals surface area (Å²) in [7, 11) is 0. The van der Waals surface area contributed by atoms with E-state index in [2.05, 4.69) is 37.1 Å². The monoisotopic (exact) mass is 192 g/mol. The SMILES string of the molecule is Cc1ccc(NC(C)CC(C)C)nc1. The van der Waals surface area contributed by atoms with E-state index in [1.54, 1.807) is 0 Å². The third-order valence-corrected chi connectivity index (χ3v) is 2.13. The van der Waals surface area contributed by atoms with Gasteiger partial charge in [0.15, 0.2) is 0 Å². The molecule has 0 saturated carbocycles. The van der Waals surface area contributed by atoms with Crippen molar-refractivity contribution in [3.63, 3.8) is 0 Å². The van der Waals surface area contributed by atoms with Crippen LogP contribution in [0.3, 0.4) is 0 Å². The Hall–Kier alpha value is -1.05. The molecule has 1 atom stereocenters. The third-order valence-electron chi connectivity index (χ3n) is 2.13. The largest absolute Gasteiger partial charge is 0.368 e. The number of hydrogen-bond donors (Lipinski definition) is 1. The van der Waals surface area contributed by atoms with Crippen molar-refractivity contribution in [1.29, 1.82) is 0 Å². The van der Waals surface area contributed by atoms with Crippen molar-refractivity contribution in [3.05, 3.63) is 23.9 Å². The zero-order valence-corrected chi connectivity index (χ0v) is 9.54. The molecule has 0 fully saturated rings. The Morgan fingerprint density at radius 3 is 2.50 bits per heavy atom. The molecule has 2 heteroatoms. The fourth-order valence-electron chi connectivity index (χ4n) is 1.57. The highest BCUT2D eigenvalue weighted by Crippen LogP contribution is 2.10. The summed E-state index contributed by atoms with van der Waals surface area (Å²) in [4.78, 5) is 4.31. The molecule has 1 unspecified atom stereocenters. The minimum atomic E-state index is 0.491. The Bertz CT molecular complexity index is 264. The highest BCUT2D eigenvalue weighted by Gasteiger charge is 2.04. The van der Waals surface area contributed by atoms with Gasteiger partial charge in [-0.25, -0.2) is 4.98 Å². The van der Waals surface area contributed by atoms with E-state index in [1.165, 1.54) is 12.0 Å². The van der Waals surface area contributed by atoms with E-state index in [1.807, 2.05) is 19.2 Å². The molecule has 0 radical (unpaired) electrons. The first-order valence-electron chi connectivity index (χ1n) is 5.27. The molecule has 0 spiro atoms. The maximum absolute atomic E-state index is 4.31. The van der Waals surface area contributed by atoms with Gasteiger partial charge in [0.1, 0.15) is 5.82 Å². The van der Waals surface area contributed by atoms with Crippen LogP contribution in [0.4, 0.5) is 5.82 Å². The Kier molecular flexibility index (Phi) is 3.93. The second-order valence-corrected chi connectivity index (χ2v) is 4.40. The van der Waals surface area contributed by atoms with Crippen molar-refractivity contribution < 1.29 is 0 Å². The Morgan fingerprint density at radius 1 is 1.29 bits per heavy atom. The molecule has 1 N–H and O–H groups in total. The third kappa shape index (κ3) is 3.77. The van der Waals surface area contributed by atoms with Crippen molar-refractivity contribution in [2.24, 2.45) is 5.92 Å². The first-order chi connectivity index (χ1) is 6.58. The molecule has 1 aromatic heterocycles. The quantitative estimate of drug-likeness (QED) is 0.792. The molecule has 14 heavy (non-hydrogen) atoms. The van der Waals surface area contributed by atoms with Gasteiger partial charge in [-0.1, -0.05) is 19.9 Å². The minimum absolute atomic E-state index is 0.491. The van der Waals surface area contributed by atoms with Crippen molar-refractivity contribution >= 4 is 5.82 Å². The summed E-state index contributed by atoms with van der Waals surface area (Å²) in [5.41, 5.74) is 1.20. The van der Waals surface area contributed by atoms with Gasteiger partial charge >= 0.3 is 0 Å². The van der Waals surface area contributed by atoms with E-state index in [0.717, 1.165) is 11.7 Å². The van der Waals surface area contributed by atoms with Crippen LogP contribution in [0.2, 0.25) is 0 Å². The average molecular weight is 192 g/mol. The van der Waals surface area contributed by atoms with E-state index >= 15 is 0 Å². The van der Waals surface area contributed by atoms with Crippen molar-refractivity contribution in [2.45, 2.75) is 40.2 Å². The maximum atomic E-state index is 4.31. The van der Waals surface area contributed by atoms with Gasteiger partial charge in [0.25, 0.3) is 0 Å². The normalized spacial score (nSPS) is 12.9. The summed E-state index contributed by atoms with van der Waals surface area (Å²) < 4.78 is 0. The van der Waals surface area contributed by atoms with Gasteiger partial charge in [0, 0.05) is 12.2 Å². The molecule has 78 valence electrons. The second kappa shape index (κ2) is 4.99. The van der Waals surface area contributed by atoms with Crippen LogP contribution in [-0.4, -0.2) is 11.0 Å². The summed E-state index contributed by atoms with van der Waals surface area (Å²) in [5, 5.41) is 3.39. The molecule has 0 saturated heterocycles. The number of aromatic nitrogens is 1. The van der Waals surface area contributed by atoms with Crippen LogP contribution >= 0.6 is 0 Å². The number of hydrogen-bond acceptors (Lipinski definition) is 2. The van der Waals surface area contributed by atoms with Crippen molar-refractivity contribution in [2.75, 3.05) is 5.32 Å². The number of nitrogens with one attached hydrogen (secondary N) is 1. The van der Waals surface area contributed by atoms with Crippen LogP contribution < -0.4 is 5.32 Å². The van der Waals surface area contributed by atoms with Crippen LogP contribution in [0.25, 0.3) is 0 Å². The zero-order chi connectivity index (χ0) is 10.6. The Morgan fingerprint density at radius 2 is 2.00 bits per heavy atom. The predicted octanol–water partition coefficient (Wildman–Crippen LogP) is 3.24. The fourth-order valence-corrected chi connectivity index (χ4v) is 1.57. The summed E-state index contributed by atoms with van der Waals surface area (Å²) in [6.45, 7) is 8.72. The fraction of sp³-hybridized carbons (Fsp3) is 0.583. The summed E-state index contributed by atoms with van der Waals surface area (Å²) in [5.74, 6) is 1.70. The van der Waals surface area contributed by atoms with Gasteiger partial charge in [-0.05, 0) is 37.8 Å². The number of pyridine rings is 1. The molecule has 0 bridgehead atoms. The molecule has 0 amide bonds. The first-order valence-corrected chi connectivity index (χ1v) is 5.27. The Balaban J connectivity index is 2.47. The zero-order valence-electron chi connectivity index (χ0n) is 9.54. The number of aryl methyl sites for hydroxylation is 1. The van der Waals surface area contributed by atoms with E-state index < -0.39 is 0 Å². The number of nitrogens with zero attached hydrogens (tertiary/aromatic N) is 1. The van der Waals surface area contributed by atoms with Gasteiger partial charge in [-0.15, -0.1) is 0 Å². The second-order valence-electron chi connectivity index (χ2n) is 4.40. The van der Waals surface area contributed by atoms with Gasteiger partial charge < -0.3 is 5.32 Å². The average Bonchev–Trinajstić information content (AvgIpc) is 2.07. The molecule has 0 aliphatic carbocycles. The predicted molar refractivity (Wildman–Crippen MR) is 61.5 cm³/mol. The van der Waals surface area contributed by atoms with E-state index in [9.17, 15) is 0 Å². The van der Waals surface area contributed by atoms with E-state index in [-0.39, 0.29) is 0 Å².